The van der Waals surface area contributed by atoms with Crippen molar-refractivity contribution in [3.63, 3.8) is 0 Å². The van der Waals surface area contributed by atoms with Gasteiger partial charge >= 0.3 is 0 Å². The zero-order valence-corrected chi connectivity index (χ0v) is 12.8. The van der Waals surface area contributed by atoms with Crippen LogP contribution in [0.1, 0.15) is 32.5 Å². The van der Waals surface area contributed by atoms with Crippen molar-refractivity contribution in [3.05, 3.63) is 11.7 Å². The molecule has 0 unspecified atom stereocenters. The first kappa shape index (κ1) is 15.4. The predicted octanol–water partition coefficient (Wildman–Crippen LogP) is 1.10. The Bertz CT molecular complexity index is 435. The largest absolute Gasteiger partial charge is 0.388 e. The summed E-state index contributed by atoms with van der Waals surface area (Å²) in [5.41, 5.74) is -0.626. The highest BCUT2D eigenvalue weighted by molar-refractivity contribution is 4.98. The van der Waals surface area contributed by atoms with Gasteiger partial charge in [-0.2, -0.15) is 4.98 Å². The number of methoxy groups -OCH3 is 1. The average molecular weight is 283 g/mol. The van der Waals surface area contributed by atoms with Crippen molar-refractivity contribution in [2.75, 3.05) is 26.8 Å². The van der Waals surface area contributed by atoms with E-state index in [9.17, 15) is 5.11 Å². The van der Waals surface area contributed by atoms with Gasteiger partial charge in [0.25, 0.3) is 0 Å². The lowest BCUT2D eigenvalue weighted by atomic mass is 9.82. The van der Waals surface area contributed by atoms with Crippen molar-refractivity contribution >= 4 is 0 Å². The number of ether oxygens (including phenoxy) is 1. The molecule has 1 aliphatic heterocycles. The van der Waals surface area contributed by atoms with E-state index in [-0.39, 0.29) is 11.8 Å². The molecule has 2 heterocycles. The van der Waals surface area contributed by atoms with Crippen molar-refractivity contribution in [2.24, 2.45) is 11.8 Å². The molecule has 2 atom stereocenters. The maximum absolute atomic E-state index is 10.7. The zero-order valence-electron chi connectivity index (χ0n) is 12.8. The summed E-state index contributed by atoms with van der Waals surface area (Å²) in [6, 6.07) is 0. The number of hydrogen-bond acceptors (Lipinski definition) is 6. The molecule has 1 N–H and O–H groups in total. The minimum atomic E-state index is -0.626. The fraction of sp³-hybridized carbons (Fsp3) is 0.857. The van der Waals surface area contributed by atoms with Gasteiger partial charge in [-0.1, -0.05) is 25.9 Å². The minimum absolute atomic E-state index is 0.238. The Hall–Kier alpha value is -0.980. The molecule has 1 aromatic heterocycles. The summed E-state index contributed by atoms with van der Waals surface area (Å²) >= 11 is 0. The predicted molar refractivity (Wildman–Crippen MR) is 74.1 cm³/mol. The Labute approximate surface area is 120 Å². The molecule has 0 bridgehead atoms. The Kier molecular flexibility index (Phi) is 4.78. The number of aliphatic hydroxyl groups is 1. The van der Waals surface area contributed by atoms with Gasteiger partial charge < -0.3 is 14.4 Å². The third kappa shape index (κ3) is 3.19. The van der Waals surface area contributed by atoms with Crippen LogP contribution in [-0.4, -0.2) is 52.6 Å². The normalized spacial score (nSPS) is 27.6. The molecule has 6 nitrogen and oxygen atoms in total. The first-order chi connectivity index (χ1) is 9.45. The quantitative estimate of drug-likeness (QED) is 0.843. The number of hydrogen-bond donors (Lipinski definition) is 1. The smallest absolute Gasteiger partial charge is 0.240 e. The van der Waals surface area contributed by atoms with Crippen LogP contribution in [0.2, 0.25) is 0 Å². The maximum atomic E-state index is 10.7. The third-order valence-corrected chi connectivity index (χ3v) is 4.26. The Morgan fingerprint density at radius 1 is 1.55 bits per heavy atom. The fourth-order valence-corrected chi connectivity index (χ4v) is 2.84. The molecule has 1 fully saturated rings. The number of nitrogens with zero attached hydrogens (tertiary/aromatic N) is 3. The van der Waals surface area contributed by atoms with Gasteiger partial charge in [0.2, 0.25) is 5.89 Å². The van der Waals surface area contributed by atoms with Crippen LogP contribution in [0.4, 0.5) is 0 Å². The second kappa shape index (κ2) is 6.20. The molecule has 114 valence electrons. The van der Waals surface area contributed by atoms with Crippen LogP contribution in [0, 0.1) is 11.8 Å². The topological polar surface area (TPSA) is 71.6 Å². The van der Waals surface area contributed by atoms with Crippen LogP contribution in [0.5, 0.6) is 0 Å². The standard InChI is InChI=1S/C14H25N3O3/c1-10(2)14(18)9-17(7-11(14)3)8-13-15-12(16-20-13)5-6-19-4/h10-11,18H,5-9H2,1-4H3/t11-,14-/m0/s1. The van der Waals surface area contributed by atoms with E-state index in [0.717, 1.165) is 6.54 Å². The summed E-state index contributed by atoms with van der Waals surface area (Å²) in [5.74, 6) is 1.77. The van der Waals surface area contributed by atoms with Gasteiger partial charge in [0.15, 0.2) is 5.82 Å². The Morgan fingerprint density at radius 3 is 2.90 bits per heavy atom. The van der Waals surface area contributed by atoms with E-state index < -0.39 is 5.60 Å². The van der Waals surface area contributed by atoms with Gasteiger partial charge in [-0.25, -0.2) is 0 Å². The van der Waals surface area contributed by atoms with E-state index in [0.29, 0.717) is 37.8 Å². The van der Waals surface area contributed by atoms with E-state index in [1.165, 1.54) is 0 Å². The molecule has 1 aromatic rings. The summed E-state index contributed by atoms with van der Waals surface area (Å²) in [4.78, 5) is 6.53. The molecule has 0 aliphatic carbocycles. The van der Waals surface area contributed by atoms with E-state index >= 15 is 0 Å². The van der Waals surface area contributed by atoms with Crippen molar-refractivity contribution in [2.45, 2.75) is 39.3 Å². The lowest BCUT2D eigenvalue weighted by Crippen LogP contribution is -2.42. The summed E-state index contributed by atoms with van der Waals surface area (Å²) in [5, 5.41) is 14.6. The monoisotopic (exact) mass is 283 g/mol. The number of aromatic nitrogens is 2. The second-order valence-electron chi connectivity index (χ2n) is 6.06. The molecule has 0 amide bonds. The highest BCUT2D eigenvalue weighted by atomic mass is 16.5. The van der Waals surface area contributed by atoms with E-state index in [1.807, 2.05) is 0 Å². The third-order valence-electron chi connectivity index (χ3n) is 4.26. The summed E-state index contributed by atoms with van der Waals surface area (Å²) in [7, 11) is 1.65. The van der Waals surface area contributed by atoms with E-state index in [1.54, 1.807) is 7.11 Å². The average Bonchev–Trinajstić information content (AvgIpc) is 2.94. The van der Waals surface area contributed by atoms with Crippen LogP contribution < -0.4 is 0 Å². The van der Waals surface area contributed by atoms with Gasteiger partial charge in [0.05, 0.1) is 18.8 Å². The van der Waals surface area contributed by atoms with Crippen LogP contribution in [0.3, 0.4) is 0 Å². The van der Waals surface area contributed by atoms with Gasteiger partial charge in [0.1, 0.15) is 0 Å². The van der Waals surface area contributed by atoms with Crippen molar-refractivity contribution in [1.29, 1.82) is 0 Å². The molecular weight excluding hydrogens is 258 g/mol. The summed E-state index contributed by atoms with van der Waals surface area (Å²) in [6.45, 7) is 8.92. The van der Waals surface area contributed by atoms with Crippen molar-refractivity contribution < 1.29 is 14.4 Å². The molecule has 0 radical (unpaired) electrons. The molecule has 20 heavy (non-hydrogen) atoms. The van der Waals surface area contributed by atoms with Crippen LogP contribution in [-0.2, 0) is 17.7 Å². The van der Waals surface area contributed by atoms with Crippen molar-refractivity contribution in [1.82, 2.24) is 15.0 Å². The van der Waals surface area contributed by atoms with Crippen LogP contribution in [0.25, 0.3) is 0 Å². The van der Waals surface area contributed by atoms with Gasteiger partial charge in [0, 0.05) is 26.6 Å². The van der Waals surface area contributed by atoms with E-state index in [4.69, 9.17) is 9.26 Å². The van der Waals surface area contributed by atoms with Crippen LogP contribution in [0.15, 0.2) is 4.52 Å². The van der Waals surface area contributed by atoms with Gasteiger partial charge in [-0.3, -0.25) is 4.90 Å². The lowest BCUT2D eigenvalue weighted by Gasteiger charge is -2.31. The first-order valence-corrected chi connectivity index (χ1v) is 7.21. The SMILES string of the molecule is COCCc1noc(CN2C[C@H](C)[C@@](O)(C(C)C)C2)n1. The summed E-state index contributed by atoms with van der Waals surface area (Å²) < 4.78 is 10.2. The number of rotatable bonds is 6. The molecule has 0 spiro atoms. The minimum Gasteiger partial charge on any atom is -0.388 e. The molecule has 1 saturated heterocycles. The molecular formula is C14H25N3O3. The summed E-state index contributed by atoms with van der Waals surface area (Å²) in [6.07, 6.45) is 0.659. The van der Waals surface area contributed by atoms with Gasteiger partial charge in [-0.15, -0.1) is 0 Å². The maximum Gasteiger partial charge on any atom is 0.240 e. The van der Waals surface area contributed by atoms with Crippen molar-refractivity contribution in [3.8, 4) is 0 Å². The lowest BCUT2D eigenvalue weighted by molar-refractivity contribution is -0.0258. The molecule has 0 saturated carbocycles. The number of likely N-dealkylation sites (tertiary alicyclic amines) is 1. The Balaban J connectivity index is 1.93. The Morgan fingerprint density at radius 2 is 2.30 bits per heavy atom. The van der Waals surface area contributed by atoms with Gasteiger partial charge in [-0.05, 0) is 11.8 Å². The van der Waals surface area contributed by atoms with E-state index in [2.05, 4.69) is 35.8 Å². The fourth-order valence-electron chi connectivity index (χ4n) is 2.84. The second-order valence-corrected chi connectivity index (χ2v) is 6.06. The number of β-amino-alcohol motifs (C(OH)–C–C–N with tert-alkyl or cyclic N) is 1. The highest BCUT2D eigenvalue weighted by Crippen LogP contribution is 2.34. The molecule has 0 aromatic carbocycles. The molecule has 2 rings (SSSR count). The van der Waals surface area contributed by atoms with Crippen LogP contribution >= 0.6 is 0 Å². The molecule has 1 aliphatic rings. The zero-order chi connectivity index (χ0) is 14.8. The highest BCUT2D eigenvalue weighted by Gasteiger charge is 2.44. The molecule has 6 heteroatoms. The first-order valence-electron chi connectivity index (χ1n) is 7.21.